The molecule has 0 bridgehead atoms. The minimum atomic E-state index is -0.145. The predicted molar refractivity (Wildman–Crippen MR) is 111 cm³/mol. The fourth-order valence-corrected chi connectivity index (χ4v) is 4.97. The lowest BCUT2D eigenvalue weighted by Gasteiger charge is -2.14. The van der Waals surface area contributed by atoms with Gasteiger partial charge in [-0.3, -0.25) is 14.2 Å². The molecular weight excluding hydrogens is 374 g/mol. The van der Waals surface area contributed by atoms with E-state index in [9.17, 15) is 9.59 Å². The summed E-state index contributed by atoms with van der Waals surface area (Å²) in [6, 6.07) is 1.92. The first-order chi connectivity index (χ1) is 13.4. The Bertz CT molecular complexity index is 1120. The Labute approximate surface area is 167 Å². The maximum absolute atomic E-state index is 13.0. The molecule has 4 rings (SSSR count). The van der Waals surface area contributed by atoms with E-state index >= 15 is 0 Å². The molecule has 0 saturated carbocycles. The number of hydrogen-bond acceptors (Lipinski definition) is 5. The molecule has 1 aliphatic heterocycles. The van der Waals surface area contributed by atoms with Gasteiger partial charge >= 0.3 is 0 Å². The van der Waals surface area contributed by atoms with Crippen molar-refractivity contribution in [2.45, 2.75) is 59.7 Å². The highest BCUT2D eigenvalue weighted by atomic mass is 32.1. The second kappa shape index (κ2) is 7.29. The molecule has 148 valence electrons. The number of ketones is 1. The number of ether oxygens (including phenoxy) is 1. The molecule has 0 radical (unpaired) electrons. The first kappa shape index (κ1) is 19.1. The molecule has 1 saturated heterocycles. The quantitative estimate of drug-likeness (QED) is 0.616. The molecule has 28 heavy (non-hydrogen) atoms. The van der Waals surface area contributed by atoms with Gasteiger partial charge in [0.05, 0.1) is 24.4 Å². The van der Waals surface area contributed by atoms with Crippen LogP contribution in [0.1, 0.15) is 45.0 Å². The Morgan fingerprint density at radius 3 is 2.82 bits per heavy atom. The number of carbonyl (C=O) groups excluding carboxylic acids is 1. The van der Waals surface area contributed by atoms with E-state index in [-0.39, 0.29) is 24.0 Å². The molecule has 0 amide bonds. The summed E-state index contributed by atoms with van der Waals surface area (Å²) in [4.78, 5) is 32.1. The number of aromatic nitrogens is 3. The second-order valence-electron chi connectivity index (χ2n) is 7.59. The predicted octanol–water partition coefficient (Wildman–Crippen LogP) is 3.56. The summed E-state index contributed by atoms with van der Waals surface area (Å²) in [6.45, 7) is 9.48. The lowest BCUT2D eigenvalue weighted by atomic mass is 10.1. The Morgan fingerprint density at radius 1 is 1.32 bits per heavy atom. The first-order valence-corrected chi connectivity index (χ1v) is 10.4. The van der Waals surface area contributed by atoms with Crippen LogP contribution in [0.2, 0.25) is 0 Å². The third kappa shape index (κ3) is 3.22. The summed E-state index contributed by atoms with van der Waals surface area (Å²) in [6.07, 6.45) is 3.85. The smallest absolute Gasteiger partial charge is 0.262 e. The fraction of sp³-hybridized carbons (Fsp3) is 0.476. The van der Waals surface area contributed by atoms with Crippen molar-refractivity contribution >= 4 is 27.3 Å². The molecule has 0 spiro atoms. The zero-order chi connectivity index (χ0) is 20.0. The molecule has 4 heterocycles. The van der Waals surface area contributed by atoms with Crippen LogP contribution < -0.4 is 5.56 Å². The Hall–Kier alpha value is -2.25. The van der Waals surface area contributed by atoms with Crippen LogP contribution in [0.4, 0.5) is 0 Å². The summed E-state index contributed by atoms with van der Waals surface area (Å²) in [7, 11) is 0. The van der Waals surface area contributed by atoms with Gasteiger partial charge in [0, 0.05) is 35.0 Å². The molecule has 1 aliphatic rings. The van der Waals surface area contributed by atoms with Crippen molar-refractivity contribution < 1.29 is 9.53 Å². The van der Waals surface area contributed by atoms with E-state index in [1.807, 2.05) is 33.8 Å². The maximum Gasteiger partial charge on any atom is 0.262 e. The van der Waals surface area contributed by atoms with Crippen molar-refractivity contribution in [3.63, 3.8) is 0 Å². The summed E-state index contributed by atoms with van der Waals surface area (Å²) >= 11 is 1.52. The number of nitrogens with zero attached hydrogens (tertiary/aromatic N) is 3. The van der Waals surface area contributed by atoms with Crippen molar-refractivity contribution in [2.24, 2.45) is 0 Å². The highest BCUT2D eigenvalue weighted by molar-refractivity contribution is 7.18. The zero-order valence-electron chi connectivity index (χ0n) is 16.7. The molecule has 7 heteroatoms. The summed E-state index contributed by atoms with van der Waals surface area (Å²) < 4.78 is 9.32. The van der Waals surface area contributed by atoms with Crippen LogP contribution >= 0.6 is 11.3 Å². The number of hydrogen-bond donors (Lipinski definition) is 0. The molecule has 1 unspecified atom stereocenters. The van der Waals surface area contributed by atoms with Gasteiger partial charge in [0.15, 0.2) is 5.78 Å². The summed E-state index contributed by atoms with van der Waals surface area (Å²) in [5, 5.41) is 0.627. The van der Waals surface area contributed by atoms with E-state index in [1.165, 1.54) is 22.2 Å². The van der Waals surface area contributed by atoms with Gasteiger partial charge in [0.25, 0.3) is 5.56 Å². The Morgan fingerprint density at radius 2 is 2.11 bits per heavy atom. The van der Waals surface area contributed by atoms with Crippen molar-refractivity contribution in [3.05, 3.63) is 50.1 Å². The monoisotopic (exact) mass is 399 g/mol. The normalized spacial score (nSPS) is 16.9. The van der Waals surface area contributed by atoms with Crippen molar-refractivity contribution in [3.8, 4) is 0 Å². The van der Waals surface area contributed by atoms with E-state index in [0.29, 0.717) is 10.9 Å². The van der Waals surface area contributed by atoms with Crippen LogP contribution in [0.25, 0.3) is 10.2 Å². The van der Waals surface area contributed by atoms with Gasteiger partial charge in [0.1, 0.15) is 4.83 Å². The van der Waals surface area contributed by atoms with Crippen LogP contribution in [-0.2, 0) is 17.8 Å². The van der Waals surface area contributed by atoms with Crippen molar-refractivity contribution in [1.82, 2.24) is 14.1 Å². The zero-order valence-corrected chi connectivity index (χ0v) is 17.6. The molecule has 1 atom stereocenters. The molecule has 3 aromatic heterocycles. The van der Waals surface area contributed by atoms with E-state index in [1.54, 1.807) is 0 Å². The third-order valence-corrected chi connectivity index (χ3v) is 6.87. The minimum absolute atomic E-state index is 0.000327. The van der Waals surface area contributed by atoms with Gasteiger partial charge in [-0.2, -0.15) is 0 Å². The van der Waals surface area contributed by atoms with Crippen LogP contribution in [0.5, 0.6) is 0 Å². The Balaban J connectivity index is 1.62. The van der Waals surface area contributed by atoms with Crippen LogP contribution in [0, 0.1) is 27.7 Å². The lowest BCUT2D eigenvalue weighted by Crippen LogP contribution is -2.25. The molecule has 0 aromatic carbocycles. The summed E-state index contributed by atoms with van der Waals surface area (Å²) in [5.74, 6) is -0.0699. The standard InChI is InChI=1S/C21H25N3O3S/c1-12-8-17(14(3)24(12)9-16-6-5-7-27-16)18(25)10-23-11-22-20-19(21(23)26)13(2)15(4)28-20/h8,11,16H,5-7,9-10H2,1-4H3. The minimum Gasteiger partial charge on any atom is -0.376 e. The number of carbonyl (C=O) groups is 1. The van der Waals surface area contributed by atoms with Gasteiger partial charge < -0.3 is 9.30 Å². The van der Waals surface area contributed by atoms with E-state index in [2.05, 4.69) is 9.55 Å². The van der Waals surface area contributed by atoms with Crippen LogP contribution in [-0.4, -0.2) is 32.6 Å². The highest BCUT2D eigenvalue weighted by Gasteiger charge is 2.22. The number of rotatable bonds is 5. The number of fused-ring (bicyclic) bond motifs is 1. The van der Waals surface area contributed by atoms with Crippen molar-refractivity contribution in [1.29, 1.82) is 0 Å². The first-order valence-electron chi connectivity index (χ1n) is 9.63. The molecule has 1 fully saturated rings. The van der Waals surface area contributed by atoms with E-state index in [4.69, 9.17) is 4.74 Å². The number of Topliss-reactive ketones (excluding diaryl/α,β-unsaturated/α-hetero) is 1. The molecule has 0 N–H and O–H groups in total. The Kier molecular flexibility index (Phi) is 4.97. The lowest BCUT2D eigenvalue weighted by molar-refractivity contribution is 0.0948. The number of thiophene rings is 1. The van der Waals surface area contributed by atoms with Gasteiger partial charge in [-0.25, -0.2) is 4.98 Å². The van der Waals surface area contributed by atoms with Gasteiger partial charge in [0.2, 0.25) is 0 Å². The highest BCUT2D eigenvalue weighted by Crippen LogP contribution is 2.25. The SMILES string of the molecule is Cc1sc2ncn(CC(=O)c3cc(C)n(CC4CCCO4)c3C)c(=O)c2c1C. The molecule has 6 nitrogen and oxygen atoms in total. The topological polar surface area (TPSA) is 66.1 Å². The van der Waals surface area contributed by atoms with Crippen LogP contribution in [0.15, 0.2) is 17.2 Å². The maximum atomic E-state index is 13.0. The fourth-order valence-electron chi connectivity index (χ4n) is 3.98. The molecule has 0 aliphatic carbocycles. The number of aryl methyl sites for hydroxylation is 3. The van der Waals surface area contributed by atoms with E-state index in [0.717, 1.165) is 52.7 Å². The largest absolute Gasteiger partial charge is 0.376 e. The second-order valence-corrected chi connectivity index (χ2v) is 8.80. The third-order valence-electron chi connectivity index (χ3n) is 5.75. The average molecular weight is 400 g/mol. The molecule has 3 aromatic rings. The molecular formula is C21H25N3O3S. The summed E-state index contributed by atoms with van der Waals surface area (Å²) in [5.41, 5.74) is 3.45. The van der Waals surface area contributed by atoms with Gasteiger partial charge in [-0.1, -0.05) is 0 Å². The van der Waals surface area contributed by atoms with Gasteiger partial charge in [-0.15, -0.1) is 11.3 Å². The average Bonchev–Trinajstić information content (AvgIpc) is 3.34. The van der Waals surface area contributed by atoms with Crippen LogP contribution in [0.3, 0.4) is 0 Å². The van der Waals surface area contributed by atoms with Crippen molar-refractivity contribution in [2.75, 3.05) is 6.61 Å². The van der Waals surface area contributed by atoms with Gasteiger partial charge in [-0.05, 0) is 52.2 Å². The van der Waals surface area contributed by atoms with E-state index < -0.39 is 0 Å².